The van der Waals surface area contributed by atoms with Crippen LogP contribution in [0.5, 0.6) is 0 Å². The second-order valence-corrected chi connectivity index (χ2v) is 8.37. The quantitative estimate of drug-likeness (QED) is 0.563. The summed E-state index contributed by atoms with van der Waals surface area (Å²) in [6.45, 7) is 3.49. The van der Waals surface area contributed by atoms with Gasteiger partial charge in [0.15, 0.2) is 0 Å². The number of aryl methyl sites for hydroxylation is 2. The normalized spacial score (nSPS) is 11.1. The van der Waals surface area contributed by atoms with Crippen LogP contribution in [0.25, 0.3) is 11.0 Å². The van der Waals surface area contributed by atoms with E-state index >= 15 is 0 Å². The number of fused-ring (bicyclic) bond motifs is 1. The van der Waals surface area contributed by atoms with Gasteiger partial charge in [0.1, 0.15) is 5.82 Å². The molecule has 0 bridgehead atoms. The number of imidazole rings is 1. The third-order valence-corrected chi connectivity index (χ3v) is 6.81. The van der Waals surface area contributed by atoms with Crippen molar-refractivity contribution in [3.63, 3.8) is 0 Å². The van der Waals surface area contributed by atoms with Crippen molar-refractivity contribution in [1.29, 1.82) is 0 Å². The first-order valence-electron chi connectivity index (χ1n) is 7.21. The highest BCUT2D eigenvalue weighted by molar-refractivity contribution is 9.13. The zero-order chi connectivity index (χ0) is 16.4. The predicted octanol–water partition coefficient (Wildman–Crippen LogP) is 4.75. The van der Waals surface area contributed by atoms with Gasteiger partial charge in [-0.25, -0.2) is 4.98 Å². The Morgan fingerprint density at radius 2 is 2.13 bits per heavy atom. The Balaban J connectivity index is 1.57. The monoisotopic (exact) mass is 455 g/mol. The molecule has 4 nitrogen and oxygen atoms in total. The molecule has 0 aliphatic heterocycles. The molecule has 0 spiro atoms. The van der Waals surface area contributed by atoms with Crippen LogP contribution in [-0.4, -0.2) is 22.0 Å². The summed E-state index contributed by atoms with van der Waals surface area (Å²) in [5.41, 5.74) is 2.16. The number of carbonyl (C=O) groups excluding carboxylic acids is 1. The number of para-hydroxylation sites is 2. The molecule has 0 saturated heterocycles. The molecule has 3 rings (SSSR count). The lowest BCUT2D eigenvalue weighted by Gasteiger charge is -2.07. The van der Waals surface area contributed by atoms with Crippen LogP contribution in [0.15, 0.2) is 38.6 Å². The molecule has 0 unspecified atom stereocenters. The molecule has 2 heterocycles. The Labute approximate surface area is 155 Å². The summed E-state index contributed by atoms with van der Waals surface area (Å²) in [7, 11) is 0. The van der Waals surface area contributed by atoms with Crippen LogP contribution in [0.1, 0.15) is 21.9 Å². The van der Waals surface area contributed by atoms with E-state index in [9.17, 15) is 4.79 Å². The molecule has 3 aromatic rings. The number of rotatable bonds is 5. The fraction of sp³-hybridized carbons (Fsp3) is 0.250. The first kappa shape index (κ1) is 16.7. The lowest BCUT2D eigenvalue weighted by molar-refractivity contribution is 0.0957. The van der Waals surface area contributed by atoms with E-state index in [0.29, 0.717) is 11.4 Å². The van der Waals surface area contributed by atoms with Gasteiger partial charge in [-0.15, -0.1) is 11.3 Å². The summed E-state index contributed by atoms with van der Waals surface area (Å²) in [6.07, 6.45) is 0.862. The summed E-state index contributed by atoms with van der Waals surface area (Å²) >= 11 is 8.23. The second-order valence-electron chi connectivity index (χ2n) is 5.14. The Bertz CT molecular complexity index is 837. The topological polar surface area (TPSA) is 46.9 Å². The van der Waals surface area contributed by atoms with Crippen LogP contribution in [-0.2, 0) is 6.54 Å². The molecule has 0 saturated carbocycles. The van der Waals surface area contributed by atoms with Gasteiger partial charge in [-0.3, -0.25) is 4.79 Å². The summed E-state index contributed by atoms with van der Waals surface area (Å²) in [5.74, 6) is 0.970. The van der Waals surface area contributed by atoms with E-state index < -0.39 is 0 Å². The molecule has 0 atom stereocenters. The van der Waals surface area contributed by atoms with Crippen LogP contribution < -0.4 is 5.32 Å². The Morgan fingerprint density at radius 3 is 2.87 bits per heavy atom. The molecule has 0 aliphatic carbocycles. The highest BCUT2D eigenvalue weighted by Crippen LogP contribution is 2.32. The number of benzene rings is 1. The molecule has 23 heavy (non-hydrogen) atoms. The van der Waals surface area contributed by atoms with Crippen molar-refractivity contribution in [3.05, 3.63) is 49.3 Å². The number of halogens is 2. The Morgan fingerprint density at radius 1 is 1.35 bits per heavy atom. The molecular weight excluding hydrogens is 442 g/mol. The summed E-state index contributed by atoms with van der Waals surface area (Å²) in [4.78, 5) is 17.3. The molecule has 1 amide bonds. The van der Waals surface area contributed by atoms with Gasteiger partial charge in [0, 0.05) is 17.6 Å². The van der Waals surface area contributed by atoms with Crippen molar-refractivity contribution in [3.8, 4) is 0 Å². The number of nitrogens with zero attached hydrogens (tertiary/aromatic N) is 2. The van der Waals surface area contributed by atoms with Crippen LogP contribution in [0.4, 0.5) is 0 Å². The highest BCUT2D eigenvalue weighted by Gasteiger charge is 2.11. The standard InChI is InChI=1S/C16H15Br2N3OS/c1-10-20-12-5-2-3-6-13(12)21(10)8-4-7-19-16(22)14-9-11(17)15(18)23-14/h2-3,5-6,9H,4,7-8H2,1H3,(H,19,22). The minimum absolute atomic E-state index is 0.0337. The zero-order valence-corrected chi connectivity index (χ0v) is 16.5. The van der Waals surface area contributed by atoms with E-state index in [-0.39, 0.29) is 5.91 Å². The second kappa shape index (κ2) is 7.15. The van der Waals surface area contributed by atoms with Gasteiger partial charge in [0.2, 0.25) is 0 Å². The van der Waals surface area contributed by atoms with Crippen molar-refractivity contribution >= 4 is 60.1 Å². The number of aromatic nitrogens is 2. The van der Waals surface area contributed by atoms with Gasteiger partial charge >= 0.3 is 0 Å². The molecule has 0 radical (unpaired) electrons. The largest absolute Gasteiger partial charge is 0.351 e. The van der Waals surface area contributed by atoms with Crippen molar-refractivity contribution < 1.29 is 4.79 Å². The van der Waals surface area contributed by atoms with E-state index in [2.05, 4.69) is 52.8 Å². The van der Waals surface area contributed by atoms with Crippen LogP contribution in [0.2, 0.25) is 0 Å². The first-order valence-corrected chi connectivity index (χ1v) is 9.61. The number of thiophene rings is 1. The molecular formula is C16H15Br2N3OS. The number of carbonyl (C=O) groups is 1. The maximum atomic E-state index is 12.1. The van der Waals surface area contributed by atoms with Crippen molar-refractivity contribution in [1.82, 2.24) is 14.9 Å². The van der Waals surface area contributed by atoms with Crippen molar-refractivity contribution in [2.75, 3.05) is 6.54 Å². The molecule has 120 valence electrons. The Kier molecular flexibility index (Phi) is 5.18. The Hall–Kier alpha value is -1.18. The van der Waals surface area contributed by atoms with Crippen molar-refractivity contribution in [2.45, 2.75) is 19.9 Å². The smallest absolute Gasteiger partial charge is 0.261 e. The maximum Gasteiger partial charge on any atom is 0.261 e. The van der Waals surface area contributed by atoms with E-state index in [4.69, 9.17) is 0 Å². The number of nitrogens with one attached hydrogen (secondary N) is 1. The van der Waals surface area contributed by atoms with Crippen LogP contribution in [0, 0.1) is 6.92 Å². The maximum absolute atomic E-state index is 12.1. The summed E-state index contributed by atoms with van der Waals surface area (Å²) in [6, 6.07) is 9.95. The molecule has 1 aromatic carbocycles. The number of amides is 1. The van der Waals surface area contributed by atoms with Gasteiger partial charge < -0.3 is 9.88 Å². The number of hydrogen-bond donors (Lipinski definition) is 1. The van der Waals surface area contributed by atoms with Gasteiger partial charge in [-0.05, 0) is 63.4 Å². The lowest BCUT2D eigenvalue weighted by atomic mass is 10.3. The molecule has 0 fully saturated rings. The average Bonchev–Trinajstić information content (AvgIpc) is 3.03. The van der Waals surface area contributed by atoms with Gasteiger partial charge in [0.25, 0.3) is 5.91 Å². The predicted molar refractivity (Wildman–Crippen MR) is 101 cm³/mol. The SMILES string of the molecule is Cc1nc2ccccc2n1CCCNC(=O)c1cc(Br)c(Br)s1. The molecule has 2 aromatic heterocycles. The van der Waals surface area contributed by atoms with Gasteiger partial charge in [0.05, 0.1) is 19.7 Å². The zero-order valence-electron chi connectivity index (χ0n) is 12.5. The van der Waals surface area contributed by atoms with E-state index in [1.54, 1.807) is 0 Å². The fourth-order valence-corrected chi connectivity index (χ4v) is 4.41. The first-order chi connectivity index (χ1) is 11.1. The van der Waals surface area contributed by atoms with Crippen LogP contribution in [0.3, 0.4) is 0 Å². The third-order valence-electron chi connectivity index (χ3n) is 3.56. The number of hydrogen-bond acceptors (Lipinski definition) is 3. The minimum Gasteiger partial charge on any atom is -0.351 e. The highest BCUT2D eigenvalue weighted by atomic mass is 79.9. The summed E-state index contributed by atoms with van der Waals surface area (Å²) < 4.78 is 4.04. The molecule has 0 aliphatic rings. The minimum atomic E-state index is -0.0337. The van der Waals surface area contributed by atoms with E-state index in [0.717, 1.165) is 38.1 Å². The van der Waals surface area contributed by atoms with Gasteiger partial charge in [-0.2, -0.15) is 0 Å². The molecule has 7 heteroatoms. The van der Waals surface area contributed by atoms with Crippen molar-refractivity contribution in [2.24, 2.45) is 0 Å². The molecule has 1 N–H and O–H groups in total. The third kappa shape index (κ3) is 3.67. The van der Waals surface area contributed by atoms with Crippen LogP contribution >= 0.6 is 43.2 Å². The average molecular weight is 457 g/mol. The fourth-order valence-electron chi connectivity index (χ4n) is 2.46. The van der Waals surface area contributed by atoms with E-state index in [1.807, 2.05) is 31.2 Å². The van der Waals surface area contributed by atoms with Gasteiger partial charge in [-0.1, -0.05) is 12.1 Å². The summed E-state index contributed by atoms with van der Waals surface area (Å²) in [5, 5.41) is 2.97. The lowest BCUT2D eigenvalue weighted by Crippen LogP contribution is -2.24. The van der Waals surface area contributed by atoms with E-state index in [1.165, 1.54) is 11.3 Å².